The van der Waals surface area contributed by atoms with E-state index in [-0.39, 0.29) is 12.4 Å². The second kappa shape index (κ2) is 12.7. The van der Waals surface area contributed by atoms with Crippen LogP contribution >= 0.6 is 19.2 Å². The highest BCUT2D eigenvalue weighted by atomic mass is 32.1. The van der Waals surface area contributed by atoms with Gasteiger partial charge in [-0.3, -0.25) is 9.32 Å². The van der Waals surface area contributed by atoms with Crippen LogP contribution in [0.15, 0.2) is 24.3 Å². The average Bonchev–Trinajstić information content (AvgIpc) is 3.27. The Morgan fingerprint density at radius 2 is 1.71 bits per heavy atom. The van der Waals surface area contributed by atoms with Crippen molar-refractivity contribution >= 4 is 24.9 Å². The molecule has 1 aromatic heterocycles. The summed E-state index contributed by atoms with van der Waals surface area (Å²) >= 11 is 1.43. The van der Waals surface area contributed by atoms with Crippen LogP contribution in [0, 0.1) is 0 Å². The average molecular weight is 516 g/mol. The van der Waals surface area contributed by atoms with Crippen LogP contribution in [0.2, 0.25) is 0 Å². The number of phosphoric acid groups is 1. The van der Waals surface area contributed by atoms with E-state index in [1.807, 2.05) is 24.3 Å². The number of thiophene rings is 1. The Labute approximate surface area is 204 Å². The van der Waals surface area contributed by atoms with E-state index in [4.69, 9.17) is 29.7 Å². The second-order valence-electron chi connectivity index (χ2n) is 8.35. The van der Waals surface area contributed by atoms with Gasteiger partial charge in [0.1, 0.15) is 0 Å². The smallest absolute Gasteiger partial charge is 0.469 e. The number of hydrogen-bond acceptors (Lipinski definition) is 8. The van der Waals surface area contributed by atoms with E-state index in [0.29, 0.717) is 41.4 Å². The first-order chi connectivity index (χ1) is 16.0. The monoisotopic (exact) mass is 515 g/mol. The highest BCUT2D eigenvalue weighted by Crippen LogP contribution is 2.39. The van der Waals surface area contributed by atoms with Gasteiger partial charge in [0.2, 0.25) is 5.75 Å². The molecule has 0 bridgehead atoms. The molecule has 190 valence electrons. The van der Waals surface area contributed by atoms with Gasteiger partial charge in [-0.25, -0.2) is 4.57 Å². The van der Waals surface area contributed by atoms with Crippen molar-refractivity contribution in [3.63, 3.8) is 0 Å². The van der Waals surface area contributed by atoms with Crippen molar-refractivity contribution in [2.24, 2.45) is 5.73 Å². The molecule has 2 rings (SSSR count). The lowest BCUT2D eigenvalue weighted by molar-refractivity contribution is 0.0983. The maximum absolute atomic E-state index is 12.6. The fourth-order valence-corrected chi connectivity index (χ4v) is 4.83. The molecule has 4 N–H and O–H groups in total. The van der Waals surface area contributed by atoms with Gasteiger partial charge in [-0.05, 0) is 68.9 Å². The van der Waals surface area contributed by atoms with E-state index in [1.54, 1.807) is 28.3 Å². The summed E-state index contributed by atoms with van der Waals surface area (Å²) in [6.07, 6.45) is 3.89. The van der Waals surface area contributed by atoms with Gasteiger partial charge in [0.15, 0.2) is 17.3 Å². The van der Waals surface area contributed by atoms with Crippen LogP contribution in [0.5, 0.6) is 17.2 Å². The molecule has 1 aromatic carbocycles. The van der Waals surface area contributed by atoms with Crippen LogP contribution in [0.1, 0.15) is 52.7 Å². The zero-order valence-corrected chi connectivity index (χ0v) is 21.7. The van der Waals surface area contributed by atoms with Gasteiger partial charge in [0, 0.05) is 16.8 Å². The van der Waals surface area contributed by atoms with Gasteiger partial charge in [0.25, 0.3) is 0 Å². The number of carbonyl (C=O) groups is 1. The molecule has 0 aliphatic heterocycles. The minimum absolute atomic E-state index is 0.0986. The summed E-state index contributed by atoms with van der Waals surface area (Å²) in [4.78, 5) is 32.0. The molecule has 0 aliphatic carbocycles. The Kier molecular flexibility index (Phi) is 10.5. The molecule has 0 radical (unpaired) electrons. The lowest BCUT2D eigenvalue weighted by Crippen LogP contribution is -2.41. The third kappa shape index (κ3) is 9.02. The van der Waals surface area contributed by atoms with Crippen LogP contribution in [-0.2, 0) is 21.9 Å². The van der Waals surface area contributed by atoms with E-state index in [1.165, 1.54) is 11.3 Å². The highest BCUT2D eigenvalue weighted by molar-refractivity contribution is 7.46. The topological polar surface area (TPSA) is 138 Å². The van der Waals surface area contributed by atoms with Crippen LogP contribution in [0.3, 0.4) is 0 Å². The van der Waals surface area contributed by atoms with E-state index < -0.39 is 13.4 Å². The Bertz CT molecular complexity index is 976. The molecule has 0 fully saturated rings. The standard InChI is InChI=1S/C23H34NO8PS/c1-23(24,15-32-33(26,27)28)12-11-17-9-10-21(34-17)18(25)8-6-5-7-16-13-19(29-2)22(31-4)20(14-16)30-3/h9-10,13-14H,5-8,11-12,15,24H2,1-4H3,(H2,26,27,28). The fourth-order valence-electron chi connectivity index (χ4n) is 3.39. The van der Waals surface area contributed by atoms with Crippen molar-refractivity contribution in [1.82, 2.24) is 0 Å². The lowest BCUT2D eigenvalue weighted by Gasteiger charge is -2.24. The maximum Gasteiger partial charge on any atom is 0.469 e. The van der Waals surface area contributed by atoms with E-state index in [9.17, 15) is 9.36 Å². The van der Waals surface area contributed by atoms with Crippen molar-refractivity contribution < 1.29 is 37.9 Å². The molecule has 0 aliphatic rings. The number of ketones is 1. The van der Waals surface area contributed by atoms with Gasteiger partial charge in [0.05, 0.1) is 32.8 Å². The first kappa shape index (κ1) is 28.3. The third-order valence-corrected chi connectivity index (χ3v) is 6.94. The summed E-state index contributed by atoms with van der Waals surface area (Å²) in [5.74, 6) is 1.88. The molecule has 34 heavy (non-hydrogen) atoms. The number of benzene rings is 1. The summed E-state index contributed by atoms with van der Waals surface area (Å²) in [5.41, 5.74) is 6.23. The number of phosphoric ester groups is 1. The van der Waals surface area contributed by atoms with Crippen molar-refractivity contribution in [3.05, 3.63) is 39.6 Å². The normalized spacial score (nSPS) is 13.4. The summed E-state index contributed by atoms with van der Waals surface area (Å²) in [5, 5.41) is 0. The number of nitrogens with two attached hydrogens (primary N) is 1. The number of ether oxygens (including phenoxy) is 3. The quantitative estimate of drug-likeness (QED) is 0.182. The number of unbranched alkanes of at least 4 members (excludes halogenated alkanes) is 1. The van der Waals surface area contributed by atoms with Crippen LogP contribution in [-0.4, -0.2) is 49.0 Å². The minimum Gasteiger partial charge on any atom is -0.493 e. The minimum atomic E-state index is -4.55. The molecule has 1 atom stereocenters. The van der Waals surface area contributed by atoms with Gasteiger partial charge < -0.3 is 29.7 Å². The molecule has 1 heterocycles. The first-order valence-corrected chi connectivity index (χ1v) is 13.2. The number of hydrogen-bond donors (Lipinski definition) is 3. The summed E-state index contributed by atoms with van der Waals surface area (Å²) in [6, 6.07) is 7.56. The molecule has 0 saturated carbocycles. The van der Waals surface area contributed by atoms with Gasteiger partial charge in [-0.15, -0.1) is 11.3 Å². The van der Waals surface area contributed by atoms with Crippen LogP contribution < -0.4 is 19.9 Å². The van der Waals surface area contributed by atoms with Crippen molar-refractivity contribution in [2.45, 2.75) is 51.0 Å². The lowest BCUT2D eigenvalue weighted by atomic mass is 9.98. The predicted octanol–water partition coefficient (Wildman–Crippen LogP) is 4.13. The van der Waals surface area contributed by atoms with Gasteiger partial charge in [-0.2, -0.15) is 0 Å². The zero-order valence-electron chi connectivity index (χ0n) is 20.0. The molecule has 9 nitrogen and oxygen atoms in total. The van der Waals surface area contributed by atoms with E-state index >= 15 is 0 Å². The fraction of sp³-hybridized carbons (Fsp3) is 0.522. The summed E-state index contributed by atoms with van der Waals surface area (Å²) < 4.78 is 31.5. The maximum atomic E-state index is 12.6. The number of carbonyl (C=O) groups excluding carboxylic acids is 1. The molecule has 0 spiro atoms. The molecule has 1 unspecified atom stereocenters. The van der Waals surface area contributed by atoms with Crippen LogP contribution in [0.25, 0.3) is 0 Å². The molecule has 0 saturated heterocycles. The molecule has 2 aromatic rings. The van der Waals surface area contributed by atoms with Gasteiger partial charge >= 0.3 is 7.82 Å². The van der Waals surface area contributed by atoms with Crippen molar-refractivity contribution in [3.8, 4) is 17.2 Å². The van der Waals surface area contributed by atoms with E-state index in [0.717, 1.165) is 29.7 Å². The Hall–Kier alpha value is -1.94. The summed E-state index contributed by atoms with van der Waals surface area (Å²) in [6.45, 7) is 1.43. The molecular formula is C23H34NO8PS. The predicted molar refractivity (Wildman–Crippen MR) is 131 cm³/mol. The Balaban J connectivity index is 1.82. The second-order valence-corrected chi connectivity index (χ2v) is 10.8. The number of aryl methyl sites for hydroxylation is 2. The number of Topliss-reactive ketones (excluding diaryl/α,β-unsaturated/α-hetero) is 1. The zero-order chi connectivity index (χ0) is 25.4. The largest absolute Gasteiger partial charge is 0.493 e. The Morgan fingerprint density at radius 3 is 2.26 bits per heavy atom. The summed E-state index contributed by atoms with van der Waals surface area (Å²) in [7, 11) is 0.179. The molecular weight excluding hydrogens is 481 g/mol. The van der Waals surface area contributed by atoms with Gasteiger partial charge in [-0.1, -0.05) is 0 Å². The number of rotatable bonds is 15. The SMILES string of the molecule is COc1cc(CCCCC(=O)c2ccc(CCC(C)(N)COP(=O)(O)O)s2)cc(OC)c1OC. The highest BCUT2D eigenvalue weighted by Gasteiger charge is 2.25. The Morgan fingerprint density at radius 1 is 1.06 bits per heavy atom. The third-order valence-electron chi connectivity index (χ3n) is 5.29. The van der Waals surface area contributed by atoms with Crippen molar-refractivity contribution in [2.75, 3.05) is 27.9 Å². The first-order valence-electron chi connectivity index (χ1n) is 10.9. The van der Waals surface area contributed by atoms with Crippen molar-refractivity contribution in [1.29, 1.82) is 0 Å². The molecule has 11 heteroatoms. The number of methoxy groups -OCH3 is 3. The van der Waals surface area contributed by atoms with E-state index in [2.05, 4.69) is 4.52 Å². The van der Waals surface area contributed by atoms with Crippen LogP contribution in [0.4, 0.5) is 0 Å². The molecule has 0 amide bonds.